The molecule has 1 amide bonds. The number of esters is 1. The van der Waals surface area contributed by atoms with E-state index >= 15 is 0 Å². The molecule has 1 aliphatic heterocycles. The van der Waals surface area contributed by atoms with Gasteiger partial charge < -0.3 is 9.64 Å². The van der Waals surface area contributed by atoms with Gasteiger partial charge in [0.25, 0.3) is 0 Å². The molecule has 2 aliphatic carbocycles. The first-order valence-electron chi connectivity index (χ1n) is 11.6. The molecular formula is C24H38N2O3. The van der Waals surface area contributed by atoms with E-state index in [4.69, 9.17) is 4.74 Å². The first-order valence-corrected chi connectivity index (χ1v) is 11.6. The molecule has 162 valence electrons. The van der Waals surface area contributed by atoms with Crippen LogP contribution >= 0.6 is 0 Å². The molecule has 3 fully saturated rings. The molecule has 1 saturated heterocycles. The molecule has 3 rings (SSSR count). The molecule has 5 nitrogen and oxygen atoms in total. The zero-order valence-corrected chi connectivity index (χ0v) is 18.7. The minimum atomic E-state index is -0.407. The highest BCUT2D eigenvalue weighted by Gasteiger charge is 2.53. The number of nitrogens with zero attached hydrogens (tertiary/aromatic N) is 2. The Balaban J connectivity index is 1.76. The summed E-state index contributed by atoms with van der Waals surface area (Å²) in [6.45, 7) is 9.23. The number of likely N-dealkylation sites (tertiary alicyclic amines) is 1. The van der Waals surface area contributed by atoms with Crippen molar-refractivity contribution in [2.45, 2.75) is 104 Å². The van der Waals surface area contributed by atoms with Crippen LogP contribution < -0.4 is 0 Å². The monoisotopic (exact) mass is 402 g/mol. The normalized spacial score (nSPS) is 39.1. The van der Waals surface area contributed by atoms with Crippen LogP contribution in [0.2, 0.25) is 0 Å². The minimum absolute atomic E-state index is 0.0866. The Morgan fingerprint density at radius 2 is 1.97 bits per heavy atom. The number of hydrogen-bond donors (Lipinski definition) is 0. The molecule has 6 atom stereocenters. The van der Waals surface area contributed by atoms with E-state index in [1.54, 1.807) is 4.90 Å². The van der Waals surface area contributed by atoms with Crippen molar-refractivity contribution in [3.63, 3.8) is 0 Å². The van der Waals surface area contributed by atoms with E-state index in [-0.39, 0.29) is 23.3 Å². The molecule has 0 aromatic heterocycles. The van der Waals surface area contributed by atoms with Crippen LogP contribution in [-0.2, 0) is 14.3 Å². The Hall–Kier alpha value is -1.57. The average Bonchev–Trinajstić information content (AvgIpc) is 3.01. The van der Waals surface area contributed by atoms with E-state index < -0.39 is 5.60 Å². The first-order chi connectivity index (χ1) is 13.7. The van der Waals surface area contributed by atoms with Crippen molar-refractivity contribution >= 4 is 11.9 Å². The second-order valence-corrected chi connectivity index (χ2v) is 10.6. The molecule has 0 aromatic rings. The van der Waals surface area contributed by atoms with Crippen molar-refractivity contribution in [3.05, 3.63) is 0 Å². The van der Waals surface area contributed by atoms with Gasteiger partial charge in [0.05, 0.1) is 6.07 Å². The van der Waals surface area contributed by atoms with Crippen LogP contribution in [0.5, 0.6) is 0 Å². The van der Waals surface area contributed by atoms with Gasteiger partial charge in [-0.15, -0.1) is 0 Å². The van der Waals surface area contributed by atoms with Gasteiger partial charge in [0.1, 0.15) is 11.6 Å². The smallest absolute Gasteiger partial charge is 0.306 e. The quantitative estimate of drug-likeness (QED) is 0.596. The number of fused-ring (bicyclic) bond motifs is 2. The van der Waals surface area contributed by atoms with Crippen LogP contribution in [0.3, 0.4) is 0 Å². The highest BCUT2D eigenvalue weighted by Crippen LogP contribution is 2.56. The number of nitriles is 1. The fourth-order valence-electron chi connectivity index (χ4n) is 6.59. The third kappa shape index (κ3) is 4.95. The van der Waals surface area contributed by atoms with E-state index in [1.165, 1.54) is 6.42 Å². The van der Waals surface area contributed by atoms with Crippen molar-refractivity contribution in [2.24, 2.45) is 23.2 Å². The SMILES string of the molecule is CCCC(=O)OC12CC(CC)CC(CC(C)(CC(=O)N3CC(C)CC3C#N)C1)C2. The summed E-state index contributed by atoms with van der Waals surface area (Å²) >= 11 is 0. The Labute approximate surface area is 176 Å². The summed E-state index contributed by atoms with van der Waals surface area (Å²) in [7, 11) is 0. The third-order valence-corrected chi connectivity index (χ3v) is 7.44. The van der Waals surface area contributed by atoms with Crippen LogP contribution in [0.15, 0.2) is 0 Å². The zero-order valence-electron chi connectivity index (χ0n) is 18.7. The van der Waals surface area contributed by atoms with Gasteiger partial charge in [-0.25, -0.2) is 0 Å². The molecule has 0 N–H and O–H groups in total. The Morgan fingerprint density at radius 3 is 2.62 bits per heavy atom. The molecule has 2 saturated carbocycles. The lowest BCUT2D eigenvalue weighted by molar-refractivity contribution is -0.183. The summed E-state index contributed by atoms with van der Waals surface area (Å²) in [5.41, 5.74) is -0.576. The van der Waals surface area contributed by atoms with Crippen LogP contribution in [0.25, 0.3) is 0 Å². The van der Waals surface area contributed by atoms with E-state index in [1.807, 2.05) is 6.92 Å². The Morgan fingerprint density at radius 1 is 1.21 bits per heavy atom. The van der Waals surface area contributed by atoms with Gasteiger partial charge >= 0.3 is 5.97 Å². The summed E-state index contributed by atoms with van der Waals surface area (Å²) in [4.78, 5) is 27.4. The van der Waals surface area contributed by atoms with E-state index in [9.17, 15) is 14.9 Å². The summed E-state index contributed by atoms with van der Waals surface area (Å²) in [5.74, 6) is 1.51. The molecule has 0 radical (unpaired) electrons. The van der Waals surface area contributed by atoms with Crippen molar-refractivity contribution in [1.82, 2.24) is 4.90 Å². The van der Waals surface area contributed by atoms with Crippen molar-refractivity contribution in [3.8, 4) is 6.07 Å². The van der Waals surface area contributed by atoms with Gasteiger partial charge in [0.2, 0.25) is 5.91 Å². The number of amides is 1. The van der Waals surface area contributed by atoms with Crippen molar-refractivity contribution in [1.29, 1.82) is 5.26 Å². The maximum Gasteiger partial charge on any atom is 0.306 e. The Kier molecular flexibility index (Phi) is 6.61. The molecular weight excluding hydrogens is 364 g/mol. The Bertz CT molecular complexity index is 672. The molecule has 6 unspecified atom stereocenters. The van der Waals surface area contributed by atoms with E-state index in [0.29, 0.717) is 37.1 Å². The number of carbonyl (C=O) groups is 2. The number of carbonyl (C=O) groups excluding carboxylic acids is 2. The summed E-state index contributed by atoms with van der Waals surface area (Å²) in [6.07, 6.45) is 8.46. The van der Waals surface area contributed by atoms with Crippen LogP contribution in [0.4, 0.5) is 0 Å². The maximum atomic E-state index is 13.2. The van der Waals surface area contributed by atoms with Crippen LogP contribution in [0, 0.1) is 34.5 Å². The lowest BCUT2D eigenvalue weighted by atomic mass is 9.56. The van der Waals surface area contributed by atoms with E-state index in [2.05, 4.69) is 26.8 Å². The van der Waals surface area contributed by atoms with Gasteiger partial charge in [-0.1, -0.05) is 34.1 Å². The standard InChI is InChI=1S/C24H38N2O3/c1-5-7-22(28)29-24-11-18(6-2)9-19(12-24)10-23(4,16-24)13-21(27)26-15-17(3)8-20(26)14-25/h17-20H,5-13,15-16H2,1-4H3. The van der Waals surface area contributed by atoms with Gasteiger partial charge in [0, 0.05) is 19.4 Å². The molecule has 2 bridgehead atoms. The van der Waals surface area contributed by atoms with Crippen molar-refractivity contribution in [2.75, 3.05) is 6.54 Å². The highest BCUT2D eigenvalue weighted by atomic mass is 16.6. The first kappa shape index (κ1) is 22.1. The zero-order chi connectivity index (χ0) is 21.2. The van der Waals surface area contributed by atoms with Crippen LogP contribution in [0.1, 0.15) is 91.9 Å². The number of rotatable bonds is 6. The predicted octanol–water partition coefficient (Wildman–Crippen LogP) is 4.85. The van der Waals surface area contributed by atoms with E-state index in [0.717, 1.165) is 44.9 Å². The molecule has 29 heavy (non-hydrogen) atoms. The fourth-order valence-corrected chi connectivity index (χ4v) is 6.59. The topological polar surface area (TPSA) is 70.4 Å². The summed E-state index contributed by atoms with van der Waals surface area (Å²) < 4.78 is 6.17. The molecule has 3 aliphatic rings. The molecule has 0 aromatic carbocycles. The molecule has 5 heteroatoms. The lowest BCUT2D eigenvalue weighted by Crippen LogP contribution is -2.52. The second-order valence-electron chi connectivity index (χ2n) is 10.6. The summed E-state index contributed by atoms with van der Waals surface area (Å²) in [5, 5.41) is 9.45. The highest BCUT2D eigenvalue weighted by molar-refractivity contribution is 5.78. The number of hydrogen-bond acceptors (Lipinski definition) is 4. The second kappa shape index (κ2) is 8.66. The predicted molar refractivity (Wildman–Crippen MR) is 112 cm³/mol. The molecule has 0 spiro atoms. The van der Waals surface area contributed by atoms with Gasteiger partial charge in [0.15, 0.2) is 0 Å². The maximum absolute atomic E-state index is 13.2. The lowest BCUT2D eigenvalue weighted by Gasteiger charge is -2.54. The summed E-state index contributed by atoms with van der Waals surface area (Å²) in [6, 6.07) is 2.02. The molecule has 1 heterocycles. The van der Waals surface area contributed by atoms with Gasteiger partial charge in [-0.05, 0) is 68.1 Å². The minimum Gasteiger partial charge on any atom is -0.459 e. The van der Waals surface area contributed by atoms with Crippen molar-refractivity contribution < 1.29 is 14.3 Å². The average molecular weight is 403 g/mol. The largest absolute Gasteiger partial charge is 0.459 e. The van der Waals surface area contributed by atoms with Crippen LogP contribution in [-0.4, -0.2) is 35.0 Å². The van der Waals surface area contributed by atoms with Gasteiger partial charge in [-0.3, -0.25) is 9.59 Å². The van der Waals surface area contributed by atoms with Gasteiger partial charge in [-0.2, -0.15) is 5.26 Å². The number of ether oxygens (including phenoxy) is 1. The third-order valence-electron chi connectivity index (χ3n) is 7.44. The fraction of sp³-hybridized carbons (Fsp3) is 0.875.